The van der Waals surface area contributed by atoms with Gasteiger partial charge < -0.3 is 15.6 Å². The van der Waals surface area contributed by atoms with Gasteiger partial charge in [-0.2, -0.15) is 0 Å². The molecule has 0 aliphatic heterocycles. The molecule has 0 bridgehead atoms. The summed E-state index contributed by atoms with van der Waals surface area (Å²) in [6, 6.07) is 5.34. The molecule has 2 aromatic heterocycles. The molecule has 0 aliphatic carbocycles. The molecule has 0 spiro atoms. The highest BCUT2D eigenvalue weighted by atomic mass is 32.1. The second kappa shape index (κ2) is 4.71. The summed E-state index contributed by atoms with van der Waals surface area (Å²) in [6.07, 6.45) is 3.18. The molecule has 6 heteroatoms. The standard InChI is InChI=1S/C10H10N4OS/c11-10(16)7-1-3-12-9(5-7)13-6-8-2-4-15-14-8/h1-5H,6H2,(H2,11,16)(H,12,13). The summed E-state index contributed by atoms with van der Waals surface area (Å²) < 4.78 is 4.71. The molecule has 0 fully saturated rings. The van der Waals surface area contributed by atoms with Crippen molar-refractivity contribution in [2.24, 2.45) is 5.73 Å². The maximum absolute atomic E-state index is 5.52. The first kappa shape index (κ1) is 10.6. The van der Waals surface area contributed by atoms with Crippen LogP contribution in [0.15, 0.2) is 35.2 Å². The highest BCUT2D eigenvalue weighted by Crippen LogP contribution is 2.08. The first-order valence-corrected chi connectivity index (χ1v) is 5.05. The Kier molecular flexibility index (Phi) is 3.11. The second-order valence-corrected chi connectivity index (χ2v) is 3.58. The van der Waals surface area contributed by atoms with E-state index in [0.717, 1.165) is 11.3 Å². The third kappa shape index (κ3) is 2.54. The van der Waals surface area contributed by atoms with Crippen LogP contribution in [0.1, 0.15) is 11.3 Å². The lowest BCUT2D eigenvalue weighted by atomic mass is 10.2. The van der Waals surface area contributed by atoms with Crippen LogP contribution in [-0.2, 0) is 6.54 Å². The first-order valence-electron chi connectivity index (χ1n) is 4.64. The molecule has 0 aliphatic rings. The maximum Gasteiger partial charge on any atom is 0.126 e. The molecule has 82 valence electrons. The molecule has 2 aromatic rings. The van der Waals surface area contributed by atoms with E-state index in [4.69, 9.17) is 22.5 Å². The maximum atomic E-state index is 5.52. The van der Waals surface area contributed by atoms with Gasteiger partial charge in [0.05, 0.1) is 6.54 Å². The highest BCUT2D eigenvalue weighted by Gasteiger charge is 2.00. The summed E-state index contributed by atoms with van der Waals surface area (Å²) in [5.74, 6) is 0.702. The summed E-state index contributed by atoms with van der Waals surface area (Å²) in [7, 11) is 0. The van der Waals surface area contributed by atoms with E-state index in [2.05, 4.69) is 15.5 Å². The molecule has 2 rings (SSSR count). The molecule has 0 saturated heterocycles. The largest absolute Gasteiger partial charge is 0.389 e. The second-order valence-electron chi connectivity index (χ2n) is 3.14. The normalized spacial score (nSPS) is 10.0. The van der Waals surface area contributed by atoms with Gasteiger partial charge in [0.2, 0.25) is 0 Å². The molecule has 0 unspecified atom stereocenters. The van der Waals surface area contributed by atoms with E-state index >= 15 is 0 Å². The predicted molar refractivity (Wildman–Crippen MR) is 64.0 cm³/mol. The van der Waals surface area contributed by atoms with Gasteiger partial charge in [-0.1, -0.05) is 17.4 Å². The van der Waals surface area contributed by atoms with Crippen molar-refractivity contribution in [3.63, 3.8) is 0 Å². The molecule has 0 atom stereocenters. The number of anilines is 1. The molecule has 16 heavy (non-hydrogen) atoms. The van der Waals surface area contributed by atoms with Crippen molar-refractivity contribution in [2.45, 2.75) is 6.54 Å². The third-order valence-corrected chi connectivity index (χ3v) is 2.22. The fourth-order valence-electron chi connectivity index (χ4n) is 1.19. The fourth-order valence-corrected chi connectivity index (χ4v) is 1.32. The minimum absolute atomic E-state index is 0.354. The zero-order valence-corrected chi connectivity index (χ0v) is 9.20. The van der Waals surface area contributed by atoms with Crippen LogP contribution in [0.5, 0.6) is 0 Å². The number of nitrogens with one attached hydrogen (secondary N) is 1. The lowest BCUT2D eigenvalue weighted by Crippen LogP contribution is -2.10. The number of aromatic nitrogens is 2. The smallest absolute Gasteiger partial charge is 0.126 e. The number of thiocarbonyl (C=S) groups is 1. The molecule has 0 radical (unpaired) electrons. The zero-order chi connectivity index (χ0) is 11.4. The predicted octanol–water partition coefficient (Wildman–Crippen LogP) is 1.32. The Morgan fingerprint density at radius 2 is 2.38 bits per heavy atom. The number of nitrogens with zero attached hydrogens (tertiary/aromatic N) is 2. The van der Waals surface area contributed by atoms with E-state index in [1.165, 1.54) is 6.26 Å². The average molecular weight is 234 g/mol. The van der Waals surface area contributed by atoms with E-state index in [0.29, 0.717) is 17.4 Å². The van der Waals surface area contributed by atoms with Crippen molar-refractivity contribution in [3.8, 4) is 0 Å². The summed E-state index contributed by atoms with van der Waals surface area (Å²) in [6.45, 7) is 0.546. The van der Waals surface area contributed by atoms with Crippen LogP contribution in [0.25, 0.3) is 0 Å². The van der Waals surface area contributed by atoms with Crippen LogP contribution >= 0.6 is 12.2 Å². The van der Waals surface area contributed by atoms with Crippen LogP contribution in [0.3, 0.4) is 0 Å². The molecular weight excluding hydrogens is 224 g/mol. The Morgan fingerprint density at radius 1 is 1.50 bits per heavy atom. The van der Waals surface area contributed by atoms with Crippen LogP contribution in [0.4, 0.5) is 5.82 Å². The van der Waals surface area contributed by atoms with E-state index in [-0.39, 0.29) is 0 Å². The van der Waals surface area contributed by atoms with Crippen molar-refractivity contribution in [3.05, 3.63) is 41.9 Å². The zero-order valence-electron chi connectivity index (χ0n) is 8.38. The van der Waals surface area contributed by atoms with Gasteiger partial charge in [-0.25, -0.2) is 4.98 Å². The van der Waals surface area contributed by atoms with Crippen molar-refractivity contribution >= 4 is 23.0 Å². The van der Waals surface area contributed by atoms with E-state index in [1.807, 2.05) is 0 Å². The van der Waals surface area contributed by atoms with E-state index in [1.54, 1.807) is 24.4 Å². The lowest BCUT2D eigenvalue weighted by Gasteiger charge is -2.04. The monoisotopic (exact) mass is 234 g/mol. The lowest BCUT2D eigenvalue weighted by molar-refractivity contribution is 0.412. The minimum Gasteiger partial charge on any atom is -0.389 e. The van der Waals surface area contributed by atoms with Crippen LogP contribution < -0.4 is 11.1 Å². The van der Waals surface area contributed by atoms with Gasteiger partial charge in [-0.15, -0.1) is 0 Å². The number of hydrogen-bond donors (Lipinski definition) is 2. The van der Waals surface area contributed by atoms with Crippen LogP contribution in [-0.4, -0.2) is 15.1 Å². The number of pyridine rings is 1. The minimum atomic E-state index is 0.354. The number of rotatable bonds is 4. The first-order chi connectivity index (χ1) is 7.75. The Bertz CT molecular complexity index is 483. The third-order valence-electron chi connectivity index (χ3n) is 1.99. The van der Waals surface area contributed by atoms with Gasteiger partial charge >= 0.3 is 0 Å². The van der Waals surface area contributed by atoms with Crippen molar-refractivity contribution in [2.75, 3.05) is 5.32 Å². The van der Waals surface area contributed by atoms with Gasteiger partial charge in [0.15, 0.2) is 0 Å². The highest BCUT2D eigenvalue weighted by molar-refractivity contribution is 7.80. The van der Waals surface area contributed by atoms with Crippen LogP contribution in [0, 0.1) is 0 Å². The molecule has 5 nitrogen and oxygen atoms in total. The molecule has 0 amide bonds. The van der Waals surface area contributed by atoms with Crippen LogP contribution in [0.2, 0.25) is 0 Å². The molecule has 3 N–H and O–H groups in total. The molecule has 0 aromatic carbocycles. The Labute approximate surface area is 97.7 Å². The van der Waals surface area contributed by atoms with Crippen molar-refractivity contribution < 1.29 is 4.52 Å². The fraction of sp³-hybridized carbons (Fsp3) is 0.100. The van der Waals surface area contributed by atoms with Gasteiger partial charge in [0.1, 0.15) is 22.8 Å². The summed E-state index contributed by atoms with van der Waals surface area (Å²) in [4.78, 5) is 4.49. The van der Waals surface area contributed by atoms with Crippen molar-refractivity contribution in [1.29, 1.82) is 0 Å². The van der Waals surface area contributed by atoms with Gasteiger partial charge in [-0.05, 0) is 12.1 Å². The van der Waals surface area contributed by atoms with Gasteiger partial charge in [-0.3, -0.25) is 0 Å². The molecule has 0 saturated carbocycles. The number of nitrogens with two attached hydrogens (primary N) is 1. The van der Waals surface area contributed by atoms with E-state index < -0.39 is 0 Å². The summed E-state index contributed by atoms with van der Waals surface area (Å²) >= 11 is 4.88. The Morgan fingerprint density at radius 3 is 3.06 bits per heavy atom. The SMILES string of the molecule is NC(=S)c1ccnc(NCc2ccon2)c1. The Hall–Kier alpha value is -1.95. The van der Waals surface area contributed by atoms with Gasteiger partial charge in [0.25, 0.3) is 0 Å². The topological polar surface area (TPSA) is 77.0 Å². The Balaban J connectivity index is 2.04. The summed E-state index contributed by atoms with van der Waals surface area (Å²) in [5.41, 5.74) is 7.11. The quantitative estimate of drug-likeness (QED) is 0.777. The van der Waals surface area contributed by atoms with Crippen molar-refractivity contribution in [1.82, 2.24) is 10.1 Å². The van der Waals surface area contributed by atoms with E-state index in [9.17, 15) is 0 Å². The average Bonchev–Trinajstić information content (AvgIpc) is 2.79. The molecule has 2 heterocycles. The number of hydrogen-bond acceptors (Lipinski definition) is 5. The summed E-state index contributed by atoms with van der Waals surface area (Å²) in [5, 5.41) is 6.87. The molecular formula is C10H10N4OS. The van der Waals surface area contributed by atoms with Gasteiger partial charge in [0, 0.05) is 17.8 Å².